The fourth-order valence-corrected chi connectivity index (χ4v) is 1.09. The molecule has 0 aliphatic heterocycles. The standard InChI is InChI=1S/C10H9ClN2O/c11-4-5-13-10(14)9-3-1-2-8(6-9)7-12/h1-3,6H,4-5H2,(H,13,14). The molecule has 0 saturated carbocycles. The number of amides is 1. The molecule has 0 bridgehead atoms. The van der Waals surface area contributed by atoms with Gasteiger partial charge in [0.2, 0.25) is 0 Å². The molecule has 1 aromatic carbocycles. The largest absolute Gasteiger partial charge is 0.351 e. The van der Waals surface area contributed by atoms with E-state index in [4.69, 9.17) is 16.9 Å². The Labute approximate surface area is 87.3 Å². The third kappa shape index (κ3) is 2.75. The summed E-state index contributed by atoms with van der Waals surface area (Å²) >= 11 is 5.42. The monoisotopic (exact) mass is 208 g/mol. The molecule has 4 heteroatoms. The third-order valence-electron chi connectivity index (χ3n) is 1.63. The predicted molar refractivity (Wildman–Crippen MR) is 54.2 cm³/mol. The van der Waals surface area contributed by atoms with E-state index in [0.29, 0.717) is 23.6 Å². The number of hydrogen-bond acceptors (Lipinski definition) is 2. The summed E-state index contributed by atoms with van der Waals surface area (Å²) in [7, 11) is 0. The van der Waals surface area contributed by atoms with Gasteiger partial charge in [0, 0.05) is 18.0 Å². The lowest BCUT2D eigenvalue weighted by molar-refractivity contribution is 0.0956. The first-order valence-electron chi connectivity index (χ1n) is 4.12. The Morgan fingerprint density at radius 1 is 1.57 bits per heavy atom. The van der Waals surface area contributed by atoms with Crippen LogP contribution in [0.2, 0.25) is 0 Å². The van der Waals surface area contributed by atoms with Crippen molar-refractivity contribution in [1.29, 1.82) is 5.26 Å². The maximum absolute atomic E-state index is 11.4. The zero-order valence-electron chi connectivity index (χ0n) is 7.46. The number of nitriles is 1. The smallest absolute Gasteiger partial charge is 0.251 e. The number of benzene rings is 1. The summed E-state index contributed by atoms with van der Waals surface area (Å²) in [6.45, 7) is 0.428. The average Bonchev–Trinajstić information content (AvgIpc) is 2.26. The molecule has 1 amide bonds. The highest BCUT2D eigenvalue weighted by Crippen LogP contribution is 2.03. The molecule has 0 aliphatic rings. The summed E-state index contributed by atoms with van der Waals surface area (Å²) < 4.78 is 0. The molecule has 1 rings (SSSR count). The molecule has 0 aliphatic carbocycles. The lowest BCUT2D eigenvalue weighted by Crippen LogP contribution is -2.25. The van der Waals surface area contributed by atoms with Gasteiger partial charge in [0.1, 0.15) is 0 Å². The number of carbonyl (C=O) groups excluding carboxylic acids is 1. The van der Waals surface area contributed by atoms with Gasteiger partial charge < -0.3 is 5.32 Å². The van der Waals surface area contributed by atoms with E-state index in [-0.39, 0.29) is 5.91 Å². The molecule has 0 fully saturated rings. The molecule has 0 unspecified atom stereocenters. The highest BCUT2D eigenvalue weighted by Gasteiger charge is 2.04. The van der Waals surface area contributed by atoms with Crippen LogP contribution in [0.15, 0.2) is 24.3 Å². The minimum atomic E-state index is -0.206. The Bertz CT molecular complexity index is 371. The van der Waals surface area contributed by atoms with Crippen LogP contribution in [0.25, 0.3) is 0 Å². The van der Waals surface area contributed by atoms with Crippen molar-refractivity contribution in [2.24, 2.45) is 0 Å². The van der Waals surface area contributed by atoms with Crippen molar-refractivity contribution in [3.05, 3.63) is 35.4 Å². The number of nitrogens with zero attached hydrogens (tertiary/aromatic N) is 1. The third-order valence-corrected chi connectivity index (χ3v) is 1.82. The van der Waals surface area contributed by atoms with Gasteiger partial charge in [0.05, 0.1) is 11.6 Å². The second-order valence-corrected chi connectivity index (χ2v) is 3.02. The summed E-state index contributed by atoms with van der Waals surface area (Å²) in [4.78, 5) is 11.4. The quantitative estimate of drug-likeness (QED) is 0.766. The van der Waals surface area contributed by atoms with Gasteiger partial charge >= 0.3 is 0 Å². The summed E-state index contributed by atoms with van der Waals surface area (Å²) in [5, 5.41) is 11.2. The molecule has 72 valence electrons. The first-order chi connectivity index (χ1) is 6.77. The van der Waals surface area contributed by atoms with Crippen LogP contribution in [0.3, 0.4) is 0 Å². The number of halogens is 1. The van der Waals surface area contributed by atoms with E-state index in [2.05, 4.69) is 5.32 Å². The number of hydrogen-bond donors (Lipinski definition) is 1. The van der Waals surface area contributed by atoms with Gasteiger partial charge in [-0.2, -0.15) is 5.26 Å². The summed E-state index contributed by atoms with van der Waals surface area (Å²) in [5.41, 5.74) is 0.956. The summed E-state index contributed by atoms with van der Waals surface area (Å²) in [6, 6.07) is 8.50. The molecule has 0 spiro atoms. The molecule has 14 heavy (non-hydrogen) atoms. The van der Waals surface area contributed by atoms with Crippen LogP contribution in [0.4, 0.5) is 0 Å². The van der Waals surface area contributed by atoms with E-state index in [1.807, 2.05) is 6.07 Å². The zero-order chi connectivity index (χ0) is 10.4. The van der Waals surface area contributed by atoms with E-state index in [0.717, 1.165) is 0 Å². The molecular formula is C10H9ClN2O. The molecule has 1 N–H and O–H groups in total. The van der Waals surface area contributed by atoms with Gasteiger partial charge in [-0.15, -0.1) is 11.6 Å². The molecule has 3 nitrogen and oxygen atoms in total. The predicted octanol–water partition coefficient (Wildman–Crippen LogP) is 1.53. The van der Waals surface area contributed by atoms with Crippen molar-refractivity contribution in [2.75, 3.05) is 12.4 Å². The fraction of sp³-hybridized carbons (Fsp3) is 0.200. The molecule has 0 heterocycles. The highest BCUT2D eigenvalue weighted by atomic mass is 35.5. The highest BCUT2D eigenvalue weighted by molar-refractivity contribution is 6.18. The topological polar surface area (TPSA) is 52.9 Å². The Morgan fingerprint density at radius 2 is 2.36 bits per heavy atom. The zero-order valence-corrected chi connectivity index (χ0v) is 8.21. The van der Waals surface area contributed by atoms with Crippen molar-refractivity contribution in [3.63, 3.8) is 0 Å². The van der Waals surface area contributed by atoms with Crippen LogP contribution >= 0.6 is 11.6 Å². The second kappa shape index (κ2) is 5.25. The van der Waals surface area contributed by atoms with Gasteiger partial charge in [-0.05, 0) is 18.2 Å². The van der Waals surface area contributed by atoms with E-state index >= 15 is 0 Å². The first kappa shape index (κ1) is 10.6. The van der Waals surface area contributed by atoms with E-state index < -0.39 is 0 Å². The molecule has 0 saturated heterocycles. The van der Waals surface area contributed by atoms with Crippen molar-refractivity contribution in [3.8, 4) is 6.07 Å². The van der Waals surface area contributed by atoms with Crippen molar-refractivity contribution in [2.45, 2.75) is 0 Å². The SMILES string of the molecule is N#Cc1cccc(C(=O)NCCCl)c1. The van der Waals surface area contributed by atoms with Crippen LogP contribution in [-0.2, 0) is 0 Å². The molecule has 0 aromatic heterocycles. The average molecular weight is 209 g/mol. The minimum absolute atomic E-state index is 0.206. The molecule has 0 atom stereocenters. The van der Waals surface area contributed by atoms with Crippen LogP contribution in [0.1, 0.15) is 15.9 Å². The number of nitrogens with one attached hydrogen (secondary N) is 1. The lowest BCUT2D eigenvalue weighted by Gasteiger charge is -2.02. The van der Waals surface area contributed by atoms with Crippen molar-refractivity contribution >= 4 is 17.5 Å². The molecule has 1 aromatic rings. The second-order valence-electron chi connectivity index (χ2n) is 2.64. The summed E-state index contributed by atoms with van der Waals surface area (Å²) in [5.74, 6) is 0.173. The maximum Gasteiger partial charge on any atom is 0.251 e. The van der Waals surface area contributed by atoms with Gasteiger partial charge in [0.15, 0.2) is 0 Å². The van der Waals surface area contributed by atoms with Crippen LogP contribution in [-0.4, -0.2) is 18.3 Å². The van der Waals surface area contributed by atoms with E-state index in [9.17, 15) is 4.79 Å². The van der Waals surface area contributed by atoms with Gasteiger partial charge in [0.25, 0.3) is 5.91 Å². The minimum Gasteiger partial charge on any atom is -0.351 e. The Morgan fingerprint density at radius 3 is 3.00 bits per heavy atom. The van der Waals surface area contributed by atoms with E-state index in [1.165, 1.54) is 0 Å². The Kier molecular flexibility index (Phi) is 3.96. The maximum atomic E-state index is 11.4. The van der Waals surface area contributed by atoms with Gasteiger partial charge in [-0.3, -0.25) is 4.79 Å². The molecule has 0 radical (unpaired) electrons. The molecular weight excluding hydrogens is 200 g/mol. The van der Waals surface area contributed by atoms with Crippen molar-refractivity contribution in [1.82, 2.24) is 5.32 Å². The van der Waals surface area contributed by atoms with Gasteiger partial charge in [-0.25, -0.2) is 0 Å². The number of carbonyl (C=O) groups is 1. The normalized spacial score (nSPS) is 9.14. The Balaban J connectivity index is 2.75. The van der Waals surface area contributed by atoms with Crippen molar-refractivity contribution < 1.29 is 4.79 Å². The van der Waals surface area contributed by atoms with Gasteiger partial charge in [-0.1, -0.05) is 6.07 Å². The Hall–Kier alpha value is -1.53. The number of alkyl halides is 1. The number of rotatable bonds is 3. The lowest BCUT2D eigenvalue weighted by atomic mass is 10.1. The fourth-order valence-electron chi connectivity index (χ4n) is 0.993. The summed E-state index contributed by atoms with van der Waals surface area (Å²) in [6.07, 6.45) is 0. The first-order valence-corrected chi connectivity index (χ1v) is 4.65. The van der Waals surface area contributed by atoms with Crippen LogP contribution < -0.4 is 5.32 Å². The van der Waals surface area contributed by atoms with Crippen LogP contribution in [0.5, 0.6) is 0 Å². The van der Waals surface area contributed by atoms with Crippen LogP contribution in [0, 0.1) is 11.3 Å². The van der Waals surface area contributed by atoms with E-state index in [1.54, 1.807) is 24.3 Å².